The fourth-order valence-corrected chi connectivity index (χ4v) is 3.81. The molecular formula is C24H28FNO4. The third-order valence-electron chi connectivity index (χ3n) is 5.46. The molecule has 0 unspecified atom stereocenters. The first-order valence-corrected chi connectivity index (χ1v) is 10.0. The molecule has 0 aromatic heterocycles. The fourth-order valence-electron chi connectivity index (χ4n) is 3.81. The molecule has 6 heteroatoms. The molecular weight excluding hydrogens is 385 g/mol. The van der Waals surface area contributed by atoms with Gasteiger partial charge in [0.15, 0.2) is 5.54 Å². The third kappa shape index (κ3) is 4.38. The van der Waals surface area contributed by atoms with Crippen molar-refractivity contribution < 1.29 is 23.5 Å². The van der Waals surface area contributed by atoms with Crippen LogP contribution >= 0.6 is 0 Å². The molecule has 5 nitrogen and oxygen atoms in total. The first kappa shape index (κ1) is 22.0. The van der Waals surface area contributed by atoms with Crippen molar-refractivity contribution >= 4 is 12.1 Å². The molecule has 0 saturated heterocycles. The van der Waals surface area contributed by atoms with Gasteiger partial charge in [-0.2, -0.15) is 4.39 Å². The molecule has 0 heterocycles. The Bertz CT molecular complexity index is 907. The summed E-state index contributed by atoms with van der Waals surface area (Å²) in [4.78, 5) is 24.2. The van der Waals surface area contributed by atoms with Crippen LogP contribution in [0.2, 0.25) is 0 Å². The number of amides is 1. The van der Waals surface area contributed by atoms with Gasteiger partial charge in [-0.05, 0) is 56.9 Å². The molecule has 1 aliphatic carbocycles. The zero-order valence-corrected chi connectivity index (χ0v) is 18.0. The lowest BCUT2D eigenvalue weighted by Crippen LogP contribution is -2.60. The number of fused-ring (bicyclic) bond motifs is 3. The largest absolute Gasteiger partial charge is 0.449 e. The third-order valence-corrected chi connectivity index (χ3v) is 5.46. The first-order valence-electron chi connectivity index (χ1n) is 10.0. The van der Waals surface area contributed by atoms with Gasteiger partial charge in [-0.25, -0.2) is 4.79 Å². The zero-order valence-electron chi connectivity index (χ0n) is 18.0. The van der Waals surface area contributed by atoms with Crippen LogP contribution in [0.5, 0.6) is 0 Å². The lowest BCUT2D eigenvalue weighted by molar-refractivity contribution is -0.148. The topological polar surface area (TPSA) is 64.6 Å². The molecule has 0 radical (unpaired) electrons. The summed E-state index contributed by atoms with van der Waals surface area (Å²) in [6.07, 6.45) is -1.76. The Labute approximate surface area is 176 Å². The van der Waals surface area contributed by atoms with Crippen LogP contribution in [-0.4, -0.2) is 36.0 Å². The maximum absolute atomic E-state index is 13.9. The Hall–Kier alpha value is -2.73. The van der Waals surface area contributed by atoms with Crippen molar-refractivity contribution in [3.05, 3.63) is 59.7 Å². The van der Waals surface area contributed by atoms with E-state index in [0.717, 1.165) is 22.3 Å². The summed E-state index contributed by atoms with van der Waals surface area (Å²) in [5, 5.41) is 2.38. The van der Waals surface area contributed by atoms with Crippen molar-refractivity contribution in [1.82, 2.24) is 5.32 Å². The summed E-state index contributed by atoms with van der Waals surface area (Å²) < 4.78 is 25.0. The summed E-state index contributed by atoms with van der Waals surface area (Å²) in [5.41, 5.74) is 1.89. The van der Waals surface area contributed by atoms with E-state index in [1.165, 1.54) is 6.92 Å². The molecule has 0 aliphatic heterocycles. The Balaban J connectivity index is 1.73. The number of halogens is 1. The van der Waals surface area contributed by atoms with Gasteiger partial charge >= 0.3 is 12.1 Å². The minimum atomic E-state index is -1.85. The number of hydrogen-bond donors (Lipinski definition) is 1. The molecule has 0 saturated carbocycles. The maximum atomic E-state index is 13.9. The molecule has 160 valence electrons. The second kappa shape index (κ2) is 8.19. The van der Waals surface area contributed by atoms with E-state index < -0.39 is 29.4 Å². The molecule has 0 bridgehead atoms. The Morgan fingerprint density at radius 3 is 1.97 bits per heavy atom. The number of benzene rings is 2. The van der Waals surface area contributed by atoms with Gasteiger partial charge in [-0.1, -0.05) is 48.5 Å². The predicted molar refractivity (Wildman–Crippen MR) is 113 cm³/mol. The van der Waals surface area contributed by atoms with Crippen LogP contribution in [0, 0.1) is 0 Å². The molecule has 0 fully saturated rings. The van der Waals surface area contributed by atoms with Gasteiger partial charge in [-0.3, -0.25) is 4.79 Å². The summed E-state index contributed by atoms with van der Waals surface area (Å²) in [7, 11) is 0. The second-order valence-electron chi connectivity index (χ2n) is 8.80. The number of rotatable bonds is 6. The van der Waals surface area contributed by atoms with Gasteiger partial charge in [0.25, 0.3) is 0 Å². The lowest BCUT2D eigenvalue weighted by atomic mass is 9.96. The quantitative estimate of drug-likeness (QED) is 0.678. The van der Waals surface area contributed by atoms with Gasteiger partial charge in [0, 0.05) is 5.92 Å². The molecule has 3 rings (SSSR count). The zero-order chi connectivity index (χ0) is 22.1. The number of hydrogen-bond acceptors (Lipinski definition) is 4. The van der Waals surface area contributed by atoms with Crippen molar-refractivity contribution in [2.75, 3.05) is 6.61 Å². The normalized spacial score (nSPS) is 16.2. The fraction of sp³-hybridized carbons (Fsp3) is 0.417. The highest BCUT2D eigenvalue weighted by Gasteiger charge is 2.44. The van der Waals surface area contributed by atoms with Crippen LogP contribution in [0.4, 0.5) is 9.18 Å². The molecule has 0 spiro atoms. The molecule has 2 aromatic rings. The Morgan fingerprint density at radius 2 is 1.50 bits per heavy atom. The second-order valence-corrected chi connectivity index (χ2v) is 8.80. The van der Waals surface area contributed by atoms with Gasteiger partial charge < -0.3 is 14.8 Å². The average molecular weight is 413 g/mol. The van der Waals surface area contributed by atoms with Crippen LogP contribution in [0.3, 0.4) is 0 Å². The average Bonchev–Trinajstić information content (AvgIpc) is 2.98. The van der Waals surface area contributed by atoms with Crippen LogP contribution in [0.15, 0.2) is 48.5 Å². The molecule has 2 aromatic carbocycles. The van der Waals surface area contributed by atoms with E-state index in [4.69, 9.17) is 9.47 Å². The lowest BCUT2D eigenvalue weighted by Gasteiger charge is -2.35. The van der Waals surface area contributed by atoms with Crippen molar-refractivity contribution in [1.29, 1.82) is 0 Å². The summed E-state index contributed by atoms with van der Waals surface area (Å²) in [5.74, 6) is -0.126. The standard InChI is InChI=1S/C24H28FNO4/c1-15(30-23(2,3)4)24(5,21(25)27)26-22(28)29-14-20-18-12-8-6-10-16(18)17-11-7-9-13-19(17)20/h6-13,15,20H,14H2,1-5H3,(H,26,28)/t15-,24-/m0/s1. The van der Waals surface area contributed by atoms with E-state index in [-0.39, 0.29) is 12.5 Å². The van der Waals surface area contributed by atoms with E-state index in [2.05, 4.69) is 5.32 Å². The summed E-state index contributed by atoms with van der Waals surface area (Å²) in [6, 6.07) is 14.3. The highest BCUT2D eigenvalue weighted by molar-refractivity contribution is 5.85. The van der Waals surface area contributed by atoms with E-state index in [1.54, 1.807) is 27.7 Å². The van der Waals surface area contributed by atoms with Crippen molar-refractivity contribution in [3.63, 3.8) is 0 Å². The van der Waals surface area contributed by atoms with Crippen LogP contribution in [-0.2, 0) is 14.3 Å². The number of carbonyl (C=O) groups excluding carboxylic acids is 2. The number of carbonyl (C=O) groups is 2. The monoisotopic (exact) mass is 413 g/mol. The Morgan fingerprint density at radius 1 is 1.00 bits per heavy atom. The smallest absolute Gasteiger partial charge is 0.408 e. The van der Waals surface area contributed by atoms with Gasteiger partial charge in [0.1, 0.15) is 6.61 Å². The molecule has 1 amide bonds. The summed E-state index contributed by atoms with van der Waals surface area (Å²) in [6.45, 7) is 8.30. The minimum absolute atomic E-state index is 0.0743. The van der Waals surface area contributed by atoms with Crippen molar-refractivity contribution in [2.45, 2.75) is 57.8 Å². The number of alkyl carbamates (subject to hydrolysis) is 1. The molecule has 1 N–H and O–H groups in total. The number of ether oxygens (including phenoxy) is 2. The van der Waals surface area contributed by atoms with Crippen molar-refractivity contribution in [2.24, 2.45) is 0 Å². The number of nitrogens with one attached hydrogen (secondary N) is 1. The highest BCUT2D eigenvalue weighted by Crippen LogP contribution is 2.44. The molecule has 1 aliphatic rings. The predicted octanol–water partition coefficient (Wildman–Crippen LogP) is 4.98. The van der Waals surface area contributed by atoms with Gasteiger partial charge in [-0.15, -0.1) is 0 Å². The Kier molecular flexibility index (Phi) is 5.99. The van der Waals surface area contributed by atoms with E-state index in [0.29, 0.717) is 0 Å². The first-order chi connectivity index (χ1) is 14.0. The molecule has 2 atom stereocenters. The SMILES string of the molecule is C[C@H](OC(C)(C)C)[C@](C)(NC(=O)OCC1c2ccccc2-c2ccccc21)C(=O)F. The maximum Gasteiger partial charge on any atom is 0.408 e. The minimum Gasteiger partial charge on any atom is -0.449 e. The van der Waals surface area contributed by atoms with E-state index in [1.807, 2.05) is 48.5 Å². The van der Waals surface area contributed by atoms with Gasteiger partial charge in [0.2, 0.25) is 0 Å². The van der Waals surface area contributed by atoms with Gasteiger partial charge in [0.05, 0.1) is 11.7 Å². The van der Waals surface area contributed by atoms with Crippen LogP contribution in [0.25, 0.3) is 11.1 Å². The summed E-state index contributed by atoms with van der Waals surface area (Å²) >= 11 is 0. The van der Waals surface area contributed by atoms with Crippen LogP contribution < -0.4 is 5.32 Å². The van der Waals surface area contributed by atoms with Crippen molar-refractivity contribution in [3.8, 4) is 11.1 Å². The van der Waals surface area contributed by atoms with E-state index in [9.17, 15) is 14.0 Å². The van der Waals surface area contributed by atoms with E-state index >= 15 is 0 Å². The van der Waals surface area contributed by atoms with Crippen LogP contribution in [0.1, 0.15) is 51.7 Å². The molecule has 30 heavy (non-hydrogen) atoms. The highest BCUT2D eigenvalue weighted by atomic mass is 19.1.